The van der Waals surface area contributed by atoms with Gasteiger partial charge in [-0.1, -0.05) is 5.16 Å². The van der Waals surface area contributed by atoms with Gasteiger partial charge in [-0.05, 0) is 18.2 Å². The first kappa shape index (κ1) is 14.6. The molecule has 0 spiro atoms. The number of amidine groups is 1. The van der Waals surface area contributed by atoms with Crippen molar-refractivity contribution in [3.63, 3.8) is 0 Å². The van der Waals surface area contributed by atoms with Crippen LogP contribution in [0.1, 0.15) is 11.1 Å². The van der Waals surface area contributed by atoms with Crippen LogP contribution in [0, 0.1) is 0 Å². The molecular formula is C10H11F3N4O2. The molecular weight excluding hydrogens is 265 g/mol. The normalized spacial score (nSPS) is 12.1. The molecule has 19 heavy (non-hydrogen) atoms. The van der Waals surface area contributed by atoms with E-state index >= 15 is 0 Å². The first-order chi connectivity index (χ1) is 8.79. The molecule has 1 aromatic rings. The number of alkyl halides is 3. The summed E-state index contributed by atoms with van der Waals surface area (Å²) in [7, 11) is 1.32. The van der Waals surface area contributed by atoms with Crippen LogP contribution in [0.5, 0.6) is 0 Å². The van der Waals surface area contributed by atoms with Crippen molar-refractivity contribution in [3.05, 3.63) is 29.3 Å². The smallest absolute Gasteiger partial charge is 0.409 e. The monoisotopic (exact) mass is 276 g/mol. The molecule has 0 aromatic heterocycles. The maximum atomic E-state index is 12.8. The van der Waals surface area contributed by atoms with Gasteiger partial charge in [-0.25, -0.2) is 4.79 Å². The van der Waals surface area contributed by atoms with Crippen LogP contribution < -0.4 is 16.4 Å². The summed E-state index contributed by atoms with van der Waals surface area (Å²) in [6.45, 7) is 0. The number of hydrogen-bond donors (Lipinski definition) is 4. The summed E-state index contributed by atoms with van der Waals surface area (Å²) in [5, 5.41) is 15.4. The second kappa shape index (κ2) is 5.46. The zero-order chi connectivity index (χ0) is 14.6. The van der Waals surface area contributed by atoms with E-state index in [9.17, 15) is 18.0 Å². The molecule has 5 N–H and O–H groups in total. The fraction of sp³-hybridized carbons (Fsp3) is 0.200. The summed E-state index contributed by atoms with van der Waals surface area (Å²) < 4.78 is 38.5. The molecule has 0 saturated carbocycles. The number of anilines is 1. The fourth-order valence-corrected chi connectivity index (χ4v) is 1.33. The van der Waals surface area contributed by atoms with Gasteiger partial charge in [0.1, 0.15) is 0 Å². The van der Waals surface area contributed by atoms with E-state index < -0.39 is 29.2 Å². The number of amides is 2. The molecule has 1 rings (SSSR count). The third kappa shape index (κ3) is 3.50. The summed E-state index contributed by atoms with van der Waals surface area (Å²) in [5.74, 6) is -0.668. The van der Waals surface area contributed by atoms with Crippen molar-refractivity contribution < 1.29 is 23.2 Å². The molecule has 0 heterocycles. The van der Waals surface area contributed by atoms with Crippen molar-refractivity contribution in [2.24, 2.45) is 10.9 Å². The number of rotatable bonds is 2. The number of nitrogens with two attached hydrogens (primary N) is 1. The standard InChI is InChI=1S/C10H11F3N4O2/c1-15-9(18)16-5-2-3-6(8(14)17-19)7(4-5)10(11,12)13/h2-4,19H,1H3,(H2,14,17)(H2,15,16,18). The first-order valence-electron chi connectivity index (χ1n) is 4.97. The molecule has 0 bridgehead atoms. The van der Waals surface area contributed by atoms with Gasteiger partial charge in [-0.3, -0.25) is 0 Å². The van der Waals surface area contributed by atoms with Crippen LogP contribution in [0.2, 0.25) is 0 Å². The molecule has 0 aliphatic heterocycles. The Balaban J connectivity index is 3.28. The van der Waals surface area contributed by atoms with Gasteiger partial charge >= 0.3 is 12.2 Å². The quantitative estimate of drug-likeness (QED) is 0.285. The van der Waals surface area contributed by atoms with E-state index in [0.29, 0.717) is 6.07 Å². The average molecular weight is 276 g/mol. The van der Waals surface area contributed by atoms with Crippen molar-refractivity contribution in [1.29, 1.82) is 0 Å². The van der Waals surface area contributed by atoms with Gasteiger partial charge in [0.15, 0.2) is 5.84 Å². The molecule has 0 radical (unpaired) electrons. The maximum Gasteiger partial charge on any atom is 0.417 e. The topological polar surface area (TPSA) is 99.7 Å². The Kier molecular flexibility index (Phi) is 4.20. The Morgan fingerprint density at radius 3 is 2.53 bits per heavy atom. The Morgan fingerprint density at radius 1 is 1.42 bits per heavy atom. The minimum absolute atomic E-state index is 0.0684. The van der Waals surface area contributed by atoms with E-state index in [1.165, 1.54) is 13.1 Å². The highest BCUT2D eigenvalue weighted by Gasteiger charge is 2.34. The minimum atomic E-state index is -4.70. The number of hydrogen-bond acceptors (Lipinski definition) is 3. The average Bonchev–Trinajstić information content (AvgIpc) is 2.36. The van der Waals surface area contributed by atoms with E-state index in [4.69, 9.17) is 10.9 Å². The van der Waals surface area contributed by atoms with Gasteiger partial charge in [-0.2, -0.15) is 13.2 Å². The molecule has 0 unspecified atom stereocenters. The zero-order valence-electron chi connectivity index (χ0n) is 9.75. The fourth-order valence-electron chi connectivity index (χ4n) is 1.33. The summed E-state index contributed by atoms with van der Waals surface area (Å²) in [5.41, 5.74) is 3.51. The van der Waals surface area contributed by atoms with E-state index in [1.807, 2.05) is 0 Å². The first-order valence-corrected chi connectivity index (χ1v) is 4.97. The lowest BCUT2D eigenvalue weighted by Crippen LogP contribution is -2.25. The number of benzene rings is 1. The Morgan fingerprint density at radius 2 is 2.05 bits per heavy atom. The number of carbonyl (C=O) groups is 1. The molecule has 0 saturated heterocycles. The van der Waals surface area contributed by atoms with Gasteiger partial charge in [0.2, 0.25) is 0 Å². The lowest BCUT2D eigenvalue weighted by molar-refractivity contribution is -0.137. The predicted octanol–water partition coefficient (Wildman–Crippen LogP) is 1.55. The SMILES string of the molecule is CNC(=O)Nc1ccc(/C(N)=N/O)c(C(F)(F)F)c1. The second-order valence-electron chi connectivity index (χ2n) is 3.45. The third-order valence-corrected chi connectivity index (χ3v) is 2.19. The molecule has 0 fully saturated rings. The van der Waals surface area contributed by atoms with Crippen molar-refractivity contribution in [3.8, 4) is 0 Å². The minimum Gasteiger partial charge on any atom is -0.409 e. The Labute approximate surface area is 106 Å². The second-order valence-corrected chi connectivity index (χ2v) is 3.45. The largest absolute Gasteiger partial charge is 0.417 e. The van der Waals surface area contributed by atoms with Crippen molar-refractivity contribution in [2.75, 3.05) is 12.4 Å². The van der Waals surface area contributed by atoms with Gasteiger partial charge in [0.05, 0.1) is 5.56 Å². The van der Waals surface area contributed by atoms with Gasteiger partial charge in [-0.15, -0.1) is 0 Å². The van der Waals surface area contributed by atoms with E-state index in [-0.39, 0.29) is 5.69 Å². The third-order valence-electron chi connectivity index (χ3n) is 2.19. The van der Waals surface area contributed by atoms with Crippen LogP contribution >= 0.6 is 0 Å². The lowest BCUT2D eigenvalue weighted by Gasteiger charge is -2.14. The lowest BCUT2D eigenvalue weighted by atomic mass is 10.1. The highest BCUT2D eigenvalue weighted by molar-refractivity contribution is 5.99. The van der Waals surface area contributed by atoms with Crippen LogP contribution in [0.4, 0.5) is 23.7 Å². The van der Waals surface area contributed by atoms with Crippen LogP contribution in [0.3, 0.4) is 0 Å². The highest BCUT2D eigenvalue weighted by atomic mass is 19.4. The molecule has 0 atom stereocenters. The van der Waals surface area contributed by atoms with E-state index in [0.717, 1.165) is 6.07 Å². The molecule has 9 heteroatoms. The van der Waals surface area contributed by atoms with E-state index in [2.05, 4.69) is 15.8 Å². The van der Waals surface area contributed by atoms with Gasteiger partial charge < -0.3 is 21.6 Å². The number of nitrogens with one attached hydrogen (secondary N) is 2. The van der Waals surface area contributed by atoms with Crippen molar-refractivity contribution in [1.82, 2.24) is 5.32 Å². The summed E-state index contributed by atoms with van der Waals surface area (Å²) in [6.07, 6.45) is -4.70. The summed E-state index contributed by atoms with van der Waals surface area (Å²) >= 11 is 0. The molecule has 104 valence electrons. The Bertz CT molecular complexity index is 514. The van der Waals surface area contributed by atoms with Gasteiger partial charge in [0, 0.05) is 18.3 Å². The highest BCUT2D eigenvalue weighted by Crippen LogP contribution is 2.33. The van der Waals surface area contributed by atoms with Gasteiger partial charge in [0.25, 0.3) is 0 Å². The summed E-state index contributed by atoms with van der Waals surface area (Å²) in [4.78, 5) is 11.0. The summed E-state index contributed by atoms with van der Waals surface area (Å²) in [6, 6.07) is 2.24. The predicted molar refractivity (Wildman–Crippen MR) is 62.0 cm³/mol. The Hall–Kier alpha value is -2.45. The molecule has 1 aromatic carbocycles. The number of urea groups is 1. The molecule has 0 aliphatic carbocycles. The van der Waals surface area contributed by atoms with Crippen molar-refractivity contribution in [2.45, 2.75) is 6.18 Å². The van der Waals surface area contributed by atoms with Crippen LogP contribution in [0.15, 0.2) is 23.4 Å². The number of nitrogens with zero attached hydrogens (tertiary/aromatic N) is 1. The number of halogens is 3. The number of oxime groups is 1. The maximum absolute atomic E-state index is 12.8. The van der Waals surface area contributed by atoms with E-state index in [1.54, 1.807) is 0 Å². The van der Waals surface area contributed by atoms with Crippen molar-refractivity contribution >= 4 is 17.6 Å². The zero-order valence-corrected chi connectivity index (χ0v) is 9.75. The molecule has 2 amide bonds. The molecule has 6 nitrogen and oxygen atoms in total. The van der Waals surface area contributed by atoms with Crippen LogP contribution in [-0.2, 0) is 6.18 Å². The number of carbonyl (C=O) groups excluding carboxylic acids is 1. The molecule has 0 aliphatic rings. The van der Waals surface area contributed by atoms with Crippen LogP contribution in [-0.4, -0.2) is 24.1 Å². The van der Waals surface area contributed by atoms with Crippen LogP contribution in [0.25, 0.3) is 0 Å².